The van der Waals surface area contributed by atoms with Gasteiger partial charge in [0.1, 0.15) is 11.5 Å². The number of aryl methyl sites for hydroxylation is 1. The number of carbonyl (C=O) groups excluding carboxylic acids is 1. The van der Waals surface area contributed by atoms with E-state index in [-0.39, 0.29) is 17.1 Å². The fourth-order valence-corrected chi connectivity index (χ4v) is 2.23. The van der Waals surface area contributed by atoms with E-state index in [9.17, 15) is 9.59 Å². The first-order valence-electron chi connectivity index (χ1n) is 5.89. The molecule has 0 N–H and O–H groups in total. The van der Waals surface area contributed by atoms with E-state index < -0.39 is 11.4 Å². The van der Waals surface area contributed by atoms with Gasteiger partial charge in [0.2, 0.25) is 5.78 Å². The molecule has 0 saturated carbocycles. The van der Waals surface area contributed by atoms with Crippen LogP contribution in [0.5, 0.6) is 5.75 Å². The van der Waals surface area contributed by atoms with Crippen LogP contribution in [0.4, 0.5) is 0 Å². The third-order valence-electron chi connectivity index (χ3n) is 2.88. The predicted molar refractivity (Wildman–Crippen MR) is 76.8 cm³/mol. The monoisotopic (exact) mass is 332 g/mol. The van der Waals surface area contributed by atoms with E-state index in [1.165, 1.54) is 6.07 Å². The molecular formula is C15H9BrO4. The van der Waals surface area contributed by atoms with Gasteiger partial charge in [-0.1, -0.05) is 28.1 Å². The molecule has 0 amide bonds. The second kappa shape index (κ2) is 4.76. The second-order valence-corrected chi connectivity index (χ2v) is 5.29. The summed E-state index contributed by atoms with van der Waals surface area (Å²) in [5.41, 5.74) is 0.105. The molecule has 0 fully saturated rings. The molecule has 0 aliphatic carbocycles. The fourth-order valence-electron chi connectivity index (χ4n) is 1.96. The van der Waals surface area contributed by atoms with Crippen LogP contribution >= 0.6 is 15.9 Å². The minimum absolute atomic E-state index is 0.0426. The highest BCUT2D eigenvalue weighted by molar-refractivity contribution is 9.10. The molecule has 1 aromatic heterocycles. The van der Waals surface area contributed by atoms with E-state index in [0.717, 1.165) is 10.0 Å². The summed E-state index contributed by atoms with van der Waals surface area (Å²) in [7, 11) is 0. The summed E-state index contributed by atoms with van der Waals surface area (Å²) in [6, 6.07) is 8.93. The number of rotatable bonds is 1. The molecule has 0 spiro atoms. The molecule has 4 nitrogen and oxygen atoms in total. The van der Waals surface area contributed by atoms with Crippen LogP contribution in [0, 0.1) is 6.92 Å². The van der Waals surface area contributed by atoms with Crippen molar-refractivity contribution in [1.82, 2.24) is 0 Å². The Bertz CT molecular complexity index is 785. The van der Waals surface area contributed by atoms with Crippen molar-refractivity contribution in [3.05, 3.63) is 67.9 Å². The Morgan fingerprint density at radius 3 is 2.55 bits per heavy atom. The molecule has 0 unspecified atom stereocenters. The number of hydrogen-bond donors (Lipinski definition) is 0. The Balaban J connectivity index is 2.04. The molecule has 3 rings (SSSR count). The first-order valence-corrected chi connectivity index (χ1v) is 6.68. The SMILES string of the molecule is Cc1cc2c(c(=O)o1)C(=O)/C(=C/c1ccc(Br)cc1)O2. The summed E-state index contributed by atoms with van der Waals surface area (Å²) in [4.78, 5) is 23.8. The number of Topliss-reactive ketones (excluding diaryl/α,β-unsaturated/α-hetero) is 1. The van der Waals surface area contributed by atoms with Crippen LogP contribution in [0.2, 0.25) is 0 Å². The quantitative estimate of drug-likeness (QED) is 0.751. The van der Waals surface area contributed by atoms with Crippen molar-refractivity contribution >= 4 is 27.8 Å². The van der Waals surface area contributed by atoms with Gasteiger partial charge in [0, 0.05) is 10.5 Å². The molecular weight excluding hydrogens is 324 g/mol. The Kier molecular flexibility index (Phi) is 3.06. The van der Waals surface area contributed by atoms with Gasteiger partial charge in [-0.15, -0.1) is 0 Å². The number of benzene rings is 1. The van der Waals surface area contributed by atoms with Gasteiger partial charge in [0.15, 0.2) is 11.3 Å². The maximum absolute atomic E-state index is 12.1. The highest BCUT2D eigenvalue weighted by Gasteiger charge is 2.31. The van der Waals surface area contributed by atoms with Crippen molar-refractivity contribution in [2.75, 3.05) is 0 Å². The van der Waals surface area contributed by atoms with Crippen molar-refractivity contribution in [3.8, 4) is 5.75 Å². The second-order valence-electron chi connectivity index (χ2n) is 4.38. The van der Waals surface area contributed by atoms with E-state index in [2.05, 4.69) is 15.9 Å². The topological polar surface area (TPSA) is 56.5 Å². The number of hydrogen-bond acceptors (Lipinski definition) is 4. The van der Waals surface area contributed by atoms with Crippen LogP contribution in [-0.4, -0.2) is 5.78 Å². The number of carbonyl (C=O) groups is 1. The van der Waals surface area contributed by atoms with Crippen LogP contribution in [0.3, 0.4) is 0 Å². The first-order chi connectivity index (χ1) is 9.54. The average molecular weight is 333 g/mol. The Hall–Kier alpha value is -2.14. The Labute approximate surface area is 122 Å². The summed E-state index contributed by atoms with van der Waals surface area (Å²) in [6.07, 6.45) is 1.60. The molecule has 1 aliphatic heterocycles. The molecule has 0 bridgehead atoms. The number of fused-ring (bicyclic) bond motifs is 1. The zero-order valence-electron chi connectivity index (χ0n) is 10.5. The van der Waals surface area contributed by atoms with Crippen molar-refractivity contribution < 1.29 is 13.9 Å². The van der Waals surface area contributed by atoms with E-state index >= 15 is 0 Å². The lowest BCUT2D eigenvalue weighted by Gasteiger charge is -1.99. The van der Waals surface area contributed by atoms with E-state index in [1.54, 1.807) is 13.0 Å². The van der Waals surface area contributed by atoms with Crippen molar-refractivity contribution in [2.24, 2.45) is 0 Å². The number of ketones is 1. The molecule has 0 saturated heterocycles. The van der Waals surface area contributed by atoms with Crippen LogP contribution in [0.1, 0.15) is 21.7 Å². The van der Waals surface area contributed by atoms with Gasteiger partial charge in [0.05, 0.1) is 0 Å². The molecule has 100 valence electrons. The van der Waals surface area contributed by atoms with Gasteiger partial charge < -0.3 is 9.15 Å². The van der Waals surface area contributed by atoms with Crippen LogP contribution in [0.25, 0.3) is 6.08 Å². The van der Waals surface area contributed by atoms with Crippen molar-refractivity contribution in [1.29, 1.82) is 0 Å². The summed E-state index contributed by atoms with van der Waals surface area (Å²) in [5, 5.41) is 0. The molecule has 2 heterocycles. The molecule has 5 heteroatoms. The van der Waals surface area contributed by atoms with Gasteiger partial charge in [-0.05, 0) is 30.7 Å². The van der Waals surface area contributed by atoms with Crippen LogP contribution in [0.15, 0.2) is 49.8 Å². The summed E-state index contributed by atoms with van der Waals surface area (Å²) < 4.78 is 11.3. The summed E-state index contributed by atoms with van der Waals surface area (Å²) >= 11 is 3.34. The van der Waals surface area contributed by atoms with Crippen LogP contribution < -0.4 is 10.4 Å². The molecule has 20 heavy (non-hydrogen) atoms. The molecule has 0 radical (unpaired) electrons. The molecule has 1 aromatic carbocycles. The lowest BCUT2D eigenvalue weighted by molar-refractivity contribution is 0.101. The largest absolute Gasteiger partial charge is 0.452 e. The first kappa shape index (κ1) is 12.9. The smallest absolute Gasteiger partial charge is 0.351 e. The molecule has 1 aliphatic rings. The minimum Gasteiger partial charge on any atom is -0.452 e. The van der Waals surface area contributed by atoms with Crippen molar-refractivity contribution in [2.45, 2.75) is 6.92 Å². The molecule has 0 atom stereocenters. The number of halogens is 1. The maximum Gasteiger partial charge on any atom is 0.351 e. The summed E-state index contributed by atoms with van der Waals surface area (Å²) in [6.45, 7) is 1.63. The highest BCUT2D eigenvalue weighted by Crippen LogP contribution is 2.30. The van der Waals surface area contributed by atoms with Crippen molar-refractivity contribution in [3.63, 3.8) is 0 Å². The standard InChI is InChI=1S/C15H9BrO4/c1-8-6-11-13(15(18)19-8)14(17)12(20-11)7-9-2-4-10(16)5-3-9/h2-7H,1H3/b12-7-. The van der Waals surface area contributed by atoms with Gasteiger partial charge in [-0.2, -0.15) is 0 Å². The van der Waals surface area contributed by atoms with Crippen LogP contribution in [-0.2, 0) is 0 Å². The van der Waals surface area contributed by atoms with E-state index in [0.29, 0.717) is 5.76 Å². The Morgan fingerprint density at radius 2 is 1.85 bits per heavy atom. The zero-order chi connectivity index (χ0) is 14.3. The van der Waals surface area contributed by atoms with Gasteiger partial charge in [-0.3, -0.25) is 4.79 Å². The van der Waals surface area contributed by atoms with E-state index in [1.807, 2.05) is 24.3 Å². The van der Waals surface area contributed by atoms with Gasteiger partial charge in [-0.25, -0.2) is 4.79 Å². The fraction of sp³-hybridized carbons (Fsp3) is 0.0667. The zero-order valence-corrected chi connectivity index (χ0v) is 12.1. The third kappa shape index (κ3) is 2.20. The number of allylic oxidation sites excluding steroid dienone is 1. The Morgan fingerprint density at radius 1 is 1.15 bits per heavy atom. The minimum atomic E-state index is -0.663. The summed E-state index contributed by atoms with van der Waals surface area (Å²) in [5.74, 6) is 0.343. The average Bonchev–Trinajstić information content (AvgIpc) is 2.69. The maximum atomic E-state index is 12.1. The van der Waals surface area contributed by atoms with Gasteiger partial charge >= 0.3 is 5.63 Å². The van der Waals surface area contributed by atoms with Gasteiger partial charge in [0.25, 0.3) is 0 Å². The molecule has 2 aromatic rings. The predicted octanol–water partition coefficient (Wildman–Crippen LogP) is 3.33. The lowest BCUT2D eigenvalue weighted by atomic mass is 10.1. The lowest BCUT2D eigenvalue weighted by Crippen LogP contribution is -2.10. The highest BCUT2D eigenvalue weighted by atomic mass is 79.9. The normalized spacial score (nSPS) is 15.3. The number of ether oxygens (including phenoxy) is 1. The van der Waals surface area contributed by atoms with E-state index in [4.69, 9.17) is 9.15 Å². The third-order valence-corrected chi connectivity index (χ3v) is 3.41.